The number of nitrogens with two attached hydrogens (primary N) is 1. The summed E-state index contributed by atoms with van der Waals surface area (Å²) in [5, 5.41) is 9.05. The van der Waals surface area contributed by atoms with Gasteiger partial charge in [0.05, 0.1) is 11.3 Å². The number of carbonyl (C=O) groups is 1. The molecule has 1 aliphatic rings. The maximum absolute atomic E-state index is 11.0. The van der Waals surface area contributed by atoms with Gasteiger partial charge in [-0.05, 0) is 29.3 Å². The lowest BCUT2D eigenvalue weighted by molar-refractivity contribution is 0.0697. The third-order valence-corrected chi connectivity index (χ3v) is 3.38. The van der Waals surface area contributed by atoms with Crippen LogP contribution < -0.4 is 5.73 Å². The van der Waals surface area contributed by atoms with E-state index in [0.717, 1.165) is 22.4 Å². The first kappa shape index (κ1) is 10.9. The lowest BCUT2D eigenvalue weighted by Gasteiger charge is -2.10. The van der Waals surface area contributed by atoms with Gasteiger partial charge in [0, 0.05) is 24.2 Å². The fourth-order valence-corrected chi connectivity index (χ4v) is 2.55. The molecule has 0 fully saturated rings. The highest BCUT2D eigenvalue weighted by Crippen LogP contribution is 2.43. The molecule has 1 unspecified atom stereocenters. The number of aromatic nitrogens is 1. The molecular formula is C14H12N2O2. The molecule has 1 aromatic heterocycles. The number of benzene rings is 1. The number of hydrogen-bond acceptors (Lipinski definition) is 3. The van der Waals surface area contributed by atoms with Crippen LogP contribution in [0.25, 0.3) is 11.3 Å². The van der Waals surface area contributed by atoms with Gasteiger partial charge in [0.25, 0.3) is 0 Å². The molecule has 0 bridgehead atoms. The van der Waals surface area contributed by atoms with Crippen LogP contribution in [0.15, 0.2) is 36.5 Å². The predicted molar refractivity (Wildman–Crippen MR) is 67.5 cm³/mol. The number of nitrogens with zero attached hydrogens (tertiary/aromatic N) is 1. The number of carboxylic acid groups (broad SMARTS) is 1. The zero-order valence-electron chi connectivity index (χ0n) is 9.63. The summed E-state index contributed by atoms with van der Waals surface area (Å²) < 4.78 is 0. The van der Waals surface area contributed by atoms with Crippen molar-refractivity contribution in [3.05, 3.63) is 53.2 Å². The molecule has 3 rings (SSSR count). The lowest BCUT2D eigenvalue weighted by Crippen LogP contribution is -2.11. The lowest BCUT2D eigenvalue weighted by atomic mass is 9.96. The molecule has 1 aromatic carbocycles. The Morgan fingerprint density at radius 3 is 2.89 bits per heavy atom. The number of rotatable bonds is 2. The molecule has 2 aromatic rings. The van der Waals surface area contributed by atoms with Gasteiger partial charge in [-0.1, -0.05) is 12.1 Å². The summed E-state index contributed by atoms with van der Waals surface area (Å²) in [4.78, 5) is 15.4. The van der Waals surface area contributed by atoms with E-state index in [2.05, 4.69) is 4.98 Å². The Labute approximate surface area is 104 Å². The van der Waals surface area contributed by atoms with Gasteiger partial charge in [0.1, 0.15) is 0 Å². The summed E-state index contributed by atoms with van der Waals surface area (Å²) in [6, 6.07) is 9.02. The van der Waals surface area contributed by atoms with Gasteiger partial charge in [-0.15, -0.1) is 0 Å². The van der Waals surface area contributed by atoms with Crippen LogP contribution in [-0.4, -0.2) is 22.6 Å². The van der Waals surface area contributed by atoms with Crippen molar-refractivity contribution in [3.63, 3.8) is 0 Å². The van der Waals surface area contributed by atoms with E-state index in [0.29, 0.717) is 12.1 Å². The highest BCUT2D eigenvalue weighted by molar-refractivity contribution is 5.90. The topological polar surface area (TPSA) is 76.2 Å². The van der Waals surface area contributed by atoms with E-state index >= 15 is 0 Å². The summed E-state index contributed by atoms with van der Waals surface area (Å²) in [5.41, 5.74) is 10.1. The zero-order valence-corrected chi connectivity index (χ0v) is 9.63. The summed E-state index contributed by atoms with van der Waals surface area (Å²) >= 11 is 0. The van der Waals surface area contributed by atoms with Gasteiger partial charge in [0.2, 0.25) is 0 Å². The van der Waals surface area contributed by atoms with Crippen LogP contribution in [0.3, 0.4) is 0 Å². The Bertz CT molecular complexity index is 637. The van der Waals surface area contributed by atoms with E-state index in [1.54, 1.807) is 18.3 Å². The van der Waals surface area contributed by atoms with E-state index in [9.17, 15) is 4.79 Å². The molecule has 0 saturated heterocycles. The van der Waals surface area contributed by atoms with E-state index in [1.807, 2.05) is 18.2 Å². The molecule has 1 aliphatic carbocycles. The average molecular weight is 240 g/mol. The SMILES string of the molecule is NCC1c2cc(C(=O)O)ccc2-c2ncccc21. The second-order valence-electron chi connectivity index (χ2n) is 4.34. The Morgan fingerprint density at radius 1 is 1.33 bits per heavy atom. The van der Waals surface area contributed by atoms with Crippen molar-refractivity contribution in [2.45, 2.75) is 5.92 Å². The van der Waals surface area contributed by atoms with Crippen LogP contribution in [0.1, 0.15) is 27.4 Å². The molecule has 3 N–H and O–H groups in total. The minimum atomic E-state index is -0.919. The van der Waals surface area contributed by atoms with Crippen LogP contribution >= 0.6 is 0 Å². The summed E-state index contributed by atoms with van der Waals surface area (Å²) in [6.07, 6.45) is 1.74. The molecule has 90 valence electrons. The van der Waals surface area contributed by atoms with Crippen LogP contribution in [0.4, 0.5) is 0 Å². The molecule has 18 heavy (non-hydrogen) atoms. The highest BCUT2D eigenvalue weighted by Gasteiger charge is 2.29. The molecule has 4 nitrogen and oxygen atoms in total. The van der Waals surface area contributed by atoms with E-state index in [4.69, 9.17) is 10.8 Å². The molecule has 0 aliphatic heterocycles. The molecule has 0 spiro atoms. The van der Waals surface area contributed by atoms with Crippen LogP contribution in [0.5, 0.6) is 0 Å². The van der Waals surface area contributed by atoms with Crippen LogP contribution in [-0.2, 0) is 0 Å². The molecular weight excluding hydrogens is 228 g/mol. The molecule has 0 saturated carbocycles. The number of hydrogen-bond donors (Lipinski definition) is 2. The van der Waals surface area contributed by atoms with Crippen molar-refractivity contribution in [1.29, 1.82) is 0 Å². The van der Waals surface area contributed by atoms with Gasteiger partial charge in [-0.25, -0.2) is 4.79 Å². The normalized spacial score (nSPS) is 16.2. The molecule has 1 heterocycles. The van der Waals surface area contributed by atoms with Gasteiger partial charge < -0.3 is 10.8 Å². The minimum Gasteiger partial charge on any atom is -0.478 e. The monoisotopic (exact) mass is 240 g/mol. The maximum Gasteiger partial charge on any atom is 0.335 e. The molecule has 1 atom stereocenters. The van der Waals surface area contributed by atoms with Crippen LogP contribution in [0.2, 0.25) is 0 Å². The number of aromatic carboxylic acids is 1. The minimum absolute atomic E-state index is 0.0444. The number of fused-ring (bicyclic) bond motifs is 3. The van der Waals surface area contributed by atoms with Crippen molar-refractivity contribution in [3.8, 4) is 11.3 Å². The Morgan fingerprint density at radius 2 is 2.17 bits per heavy atom. The Balaban J connectivity index is 2.24. The molecule has 4 heteroatoms. The van der Waals surface area contributed by atoms with E-state index in [-0.39, 0.29) is 5.92 Å². The van der Waals surface area contributed by atoms with Crippen molar-refractivity contribution in [1.82, 2.24) is 4.98 Å². The van der Waals surface area contributed by atoms with Gasteiger partial charge in [-0.3, -0.25) is 4.98 Å². The molecule has 0 radical (unpaired) electrons. The predicted octanol–water partition coefficient (Wildman–Crippen LogP) is 1.85. The first-order chi connectivity index (χ1) is 8.72. The van der Waals surface area contributed by atoms with Crippen molar-refractivity contribution >= 4 is 5.97 Å². The highest BCUT2D eigenvalue weighted by atomic mass is 16.4. The molecule has 0 amide bonds. The van der Waals surface area contributed by atoms with Gasteiger partial charge in [0.15, 0.2) is 0 Å². The zero-order chi connectivity index (χ0) is 12.7. The van der Waals surface area contributed by atoms with Crippen molar-refractivity contribution in [2.75, 3.05) is 6.54 Å². The fraction of sp³-hybridized carbons (Fsp3) is 0.143. The quantitative estimate of drug-likeness (QED) is 0.839. The number of carboxylic acids is 1. The first-order valence-corrected chi connectivity index (χ1v) is 5.75. The van der Waals surface area contributed by atoms with Gasteiger partial charge >= 0.3 is 5.97 Å². The Hall–Kier alpha value is -2.20. The summed E-state index contributed by atoms with van der Waals surface area (Å²) in [5.74, 6) is -0.875. The maximum atomic E-state index is 11.0. The average Bonchev–Trinajstić information content (AvgIpc) is 2.71. The van der Waals surface area contributed by atoms with E-state index in [1.165, 1.54) is 0 Å². The fourth-order valence-electron chi connectivity index (χ4n) is 2.55. The first-order valence-electron chi connectivity index (χ1n) is 5.75. The van der Waals surface area contributed by atoms with E-state index < -0.39 is 5.97 Å². The largest absolute Gasteiger partial charge is 0.478 e. The second kappa shape index (κ2) is 3.92. The smallest absolute Gasteiger partial charge is 0.335 e. The standard InChI is InChI=1S/C14H12N2O2/c15-7-12-9-2-1-5-16-13(9)10-4-3-8(14(17)18)6-11(10)12/h1-6,12H,7,15H2,(H,17,18). The Kier molecular flexibility index (Phi) is 2.38. The summed E-state index contributed by atoms with van der Waals surface area (Å²) in [7, 11) is 0. The second-order valence-corrected chi connectivity index (χ2v) is 4.34. The summed E-state index contributed by atoms with van der Waals surface area (Å²) in [6.45, 7) is 0.453. The van der Waals surface area contributed by atoms with Gasteiger partial charge in [-0.2, -0.15) is 0 Å². The van der Waals surface area contributed by atoms with Crippen LogP contribution in [0, 0.1) is 0 Å². The third-order valence-electron chi connectivity index (χ3n) is 3.38. The third kappa shape index (κ3) is 1.43. The van der Waals surface area contributed by atoms with Crippen molar-refractivity contribution in [2.24, 2.45) is 5.73 Å². The number of pyridine rings is 1. The van der Waals surface area contributed by atoms with Crippen molar-refractivity contribution < 1.29 is 9.90 Å².